The molecular formula is C15H22ClN3O. The molecule has 0 atom stereocenters. The first-order valence-electron chi connectivity index (χ1n) is 7.12. The van der Waals surface area contributed by atoms with E-state index in [1.807, 2.05) is 12.1 Å². The summed E-state index contributed by atoms with van der Waals surface area (Å²) in [7, 11) is 0. The van der Waals surface area contributed by atoms with Crippen molar-refractivity contribution in [3.05, 3.63) is 34.3 Å². The topological polar surface area (TPSA) is 61.8 Å². The second kappa shape index (κ2) is 6.95. The Balaban J connectivity index is 2.06. The number of rotatable bonds is 7. The molecule has 3 N–H and O–H groups in total. The molecule has 110 valence electrons. The molecular weight excluding hydrogens is 274 g/mol. The van der Waals surface area contributed by atoms with Gasteiger partial charge in [-0.05, 0) is 43.4 Å². The number of nitrogens with two attached hydrogens (primary N) is 1. The zero-order valence-electron chi connectivity index (χ0n) is 11.8. The lowest BCUT2D eigenvalue weighted by molar-refractivity contribution is 0.255. The van der Waals surface area contributed by atoms with Crippen molar-refractivity contribution >= 4 is 17.4 Å². The van der Waals surface area contributed by atoms with E-state index in [1.165, 1.54) is 12.8 Å². The second-order valence-electron chi connectivity index (χ2n) is 5.47. The zero-order chi connectivity index (χ0) is 14.5. The fourth-order valence-corrected chi connectivity index (χ4v) is 2.59. The lowest BCUT2D eigenvalue weighted by Crippen LogP contribution is -2.26. The van der Waals surface area contributed by atoms with E-state index in [-0.39, 0.29) is 5.84 Å². The molecule has 1 aromatic carbocycles. The highest BCUT2D eigenvalue weighted by molar-refractivity contribution is 6.31. The van der Waals surface area contributed by atoms with E-state index in [2.05, 4.69) is 17.0 Å². The Morgan fingerprint density at radius 2 is 2.25 bits per heavy atom. The maximum atomic E-state index is 8.68. The minimum Gasteiger partial charge on any atom is -0.409 e. The minimum absolute atomic E-state index is 0.0850. The van der Waals surface area contributed by atoms with Crippen LogP contribution in [0.5, 0.6) is 0 Å². The third-order valence-corrected chi connectivity index (χ3v) is 3.96. The van der Waals surface area contributed by atoms with Crippen LogP contribution in [0, 0.1) is 5.92 Å². The third-order valence-electron chi connectivity index (χ3n) is 3.60. The fraction of sp³-hybridized carbons (Fsp3) is 0.533. The molecule has 0 saturated heterocycles. The summed E-state index contributed by atoms with van der Waals surface area (Å²) < 4.78 is 0. The van der Waals surface area contributed by atoms with Gasteiger partial charge in [-0.1, -0.05) is 35.8 Å². The van der Waals surface area contributed by atoms with E-state index >= 15 is 0 Å². The van der Waals surface area contributed by atoms with E-state index in [1.54, 1.807) is 6.07 Å². The molecule has 1 saturated carbocycles. The minimum atomic E-state index is 0.0850. The van der Waals surface area contributed by atoms with Crippen LogP contribution in [0.2, 0.25) is 5.02 Å². The summed E-state index contributed by atoms with van der Waals surface area (Å²) in [6.45, 7) is 5.31. The predicted octanol–water partition coefficient (Wildman–Crippen LogP) is 3.06. The first kappa shape index (κ1) is 15.1. The molecule has 0 unspecified atom stereocenters. The molecule has 0 spiro atoms. The third kappa shape index (κ3) is 4.12. The van der Waals surface area contributed by atoms with Crippen molar-refractivity contribution in [3.8, 4) is 0 Å². The summed E-state index contributed by atoms with van der Waals surface area (Å²) in [6, 6.07) is 5.57. The van der Waals surface area contributed by atoms with Crippen molar-refractivity contribution in [2.24, 2.45) is 16.8 Å². The molecule has 20 heavy (non-hydrogen) atoms. The van der Waals surface area contributed by atoms with Gasteiger partial charge in [-0.25, -0.2) is 0 Å². The lowest BCUT2D eigenvalue weighted by atomic mass is 10.1. The Morgan fingerprint density at radius 1 is 1.50 bits per heavy atom. The molecule has 1 aromatic rings. The molecule has 1 aliphatic rings. The number of hydrogen-bond donors (Lipinski definition) is 2. The standard InChI is InChI=1S/C15H22ClN3O/c1-2-7-19(9-11-3-4-11)10-13-6-5-12(8-14(13)16)15(17)18-20/h5-6,8,11,20H,2-4,7,9-10H2,1H3,(H2,17,18). The van der Waals surface area contributed by atoms with E-state index in [4.69, 9.17) is 22.5 Å². The van der Waals surface area contributed by atoms with Gasteiger partial charge in [-0.2, -0.15) is 0 Å². The molecule has 4 nitrogen and oxygen atoms in total. The molecule has 0 aliphatic heterocycles. The number of hydrogen-bond acceptors (Lipinski definition) is 3. The lowest BCUT2D eigenvalue weighted by Gasteiger charge is -2.22. The van der Waals surface area contributed by atoms with Gasteiger partial charge < -0.3 is 10.9 Å². The van der Waals surface area contributed by atoms with Gasteiger partial charge in [0, 0.05) is 23.7 Å². The Bertz CT molecular complexity index is 486. The van der Waals surface area contributed by atoms with Gasteiger partial charge in [0.25, 0.3) is 0 Å². The molecule has 0 aromatic heterocycles. The van der Waals surface area contributed by atoms with Crippen LogP contribution in [0.3, 0.4) is 0 Å². The highest BCUT2D eigenvalue weighted by atomic mass is 35.5. The van der Waals surface area contributed by atoms with Crippen LogP contribution in [0.1, 0.15) is 37.3 Å². The van der Waals surface area contributed by atoms with E-state index in [9.17, 15) is 0 Å². The summed E-state index contributed by atoms with van der Waals surface area (Å²) in [5, 5.41) is 12.3. The van der Waals surface area contributed by atoms with Gasteiger partial charge in [0.1, 0.15) is 0 Å². The van der Waals surface area contributed by atoms with E-state index in [0.717, 1.165) is 37.5 Å². The van der Waals surface area contributed by atoms with Crippen molar-refractivity contribution in [2.45, 2.75) is 32.7 Å². The van der Waals surface area contributed by atoms with Crippen LogP contribution < -0.4 is 5.73 Å². The largest absolute Gasteiger partial charge is 0.409 e. The fourth-order valence-electron chi connectivity index (χ4n) is 2.35. The van der Waals surface area contributed by atoms with Gasteiger partial charge in [0.05, 0.1) is 0 Å². The van der Waals surface area contributed by atoms with Crippen LogP contribution in [0.15, 0.2) is 23.4 Å². The first-order valence-corrected chi connectivity index (χ1v) is 7.50. The van der Waals surface area contributed by atoms with Gasteiger partial charge >= 0.3 is 0 Å². The van der Waals surface area contributed by atoms with Gasteiger partial charge in [0.2, 0.25) is 0 Å². The van der Waals surface area contributed by atoms with Gasteiger partial charge in [0.15, 0.2) is 5.84 Å². The molecule has 0 amide bonds. The molecule has 0 bridgehead atoms. The van der Waals surface area contributed by atoms with Crippen molar-refractivity contribution < 1.29 is 5.21 Å². The molecule has 5 heteroatoms. The average molecular weight is 296 g/mol. The average Bonchev–Trinajstić information content (AvgIpc) is 3.24. The highest BCUT2D eigenvalue weighted by Crippen LogP contribution is 2.30. The Morgan fingerprint density at radius 3 is 2.80 bits per heavy atom. The smallest absolute Gasteiger partial charge is 0.170 e. The van der Waals surface area contributed by atoms with Crippen LogP contribution in [-0.4, -0.2) is 29.0 Å². The Hall–Kier alpha value is -1.26. The maximum absolute atomic E-state index is 8.68. The Kier molecular flexibility index (Phi) is 5.26. The molecule has 0 heterocycles. The van der Waals surface area contributed by atoms with E-state index < -0.39 is 0 Å². The number of halogens is 1. The monoisotopic (exact) mass is 295 g/mol. The summed E-state index contributed by atoms with van der Waals surface area (Å²) in [4.78, 5) is 2.46. The quantitative estimate of drug-likeness (QED) is 0.352. The maximum Gasteiger partial charge on any atom is 0.170 e. The van der Waals surface area contributed by atoms with Crippen LogP contribution in [-0.2, 0) is 6.54 Å². The van der Waals surface area contributed by atoms with Crippen LogP contribution in [0.25, 0.3) is 0 Å². The van der Waals surface area contributed by atoms with Crippen molar-refractivity contribution in [1.82, 2.24) is 4.90 Å². The highest BCUT2D eigenvalue weighted by Gasteiger charge is 2.24. The SMILES string of the molecule is CCCN(Cc1ccc(/C(N)=N/O)cc1Cl)CC1CC1. The van der Waals surface area contributed by atoms with Crippen molar-refractivity contribution in [1.29, 1.82) is 0 Å². The van der Waals surface area contributed by atoms with Gasteiger partial charge in [-0.15, -0.1) is 0 Å². The second-order valence-corrected chi connectivity index (χ2v) is 5.88. The van der Waals surface area contributed by atoms with Crippen LogP contribution >= 0.6 is 11.6 Å². The number of oxime groups is 1. The first-order chi connectivity index (χ1) is 9.63. The van der Waals surface area contributed by atoms with Crippen molar-refractivity contribution in [3.63, 3.8) is 0 Å². The van der Waals surface area contributed by atoms with Gasteiger partial charge in [-0.3, -0.25) is 4.90 Å². The zero-order valence-corrected chi connectivity index (χ0v) is 12.6. The Labute approximate surface area is 125 Å². The summed E-state index contributed by atoms with van der Waals surface area (Å²) in [6.07, 6.45) is 3.86. The van der Waals surface area contributed by atoms with E-state index in [0.29, 0.717) is 10.6 Å². The predicted molar refractivity (Wildman–Crippen MR) is 82.3 cm³/mol. The molecule has 0 radical (unpaired) electrons. The molecule has 2 rings (SSSR count). The molecule has 1 aliphatic carbocycles. The summed E-state index contributed by atoms with van der Waals surface area (Å²) in [5.41, 5.74) is 7.30. The summed E-state index contributed by atoms with van der Waals surface area (Å²) in [5.74, 6) is 0.957. The molecule has 1 fully saturated rings. The van der Waals surface area contributed by atoms with Crippen LogP contribution in [0.4, 0.5) is 0 Å². The number of benzene rings is 1. The number of nitrogens with zero attached hydrogens (tertiary/aromatic N) is 2. The normalized spacial score (nSPS) is 15.8. The number of amidine groups is 1. The summed E-state index contributed by atoms with van der Waals surface area (Å²) >= 11 is 6.31. The van der Waals surface area contributed by atoms with Crippen molar-refractivity contribution in [2.75, 3.05) is 13.1 Å².